The van der Waals surface area contributed by atoms with Crippen molar-refractivity contribution < 1.29 is 4.74 Å². The van der Waals surface area contributed by atoms with E-state index < -0.39 is 0 Å². The standard InChI is InChI=1S/C14H19N3O/c1-16-5-7-17(8-6-16)13-10-12-11(3-4-15-12)9-14(13)18-2/h3-4,9-10,15H,5-8H2,1-2H3. The molecular weight excluding hydrogens is 226 g/mol. The quantitative estimate of drug-likeness (QED) is 0.877. The lowest BCUT2D eigenvalue weighted by atomic mass is 10.2. The molecule has 0 radical (unpaired) electrons. The minimum atomic E-state index is 0.964. The predicted octanol–water partition coefficient (Wildman–Crippen LogP) is 1.93. The number of nitrogens with zero attached hydrogens (tertiary/aromatic N) is 2. The first-order valence-corrected chi connectivity index (χ1v) is 6.36. The Labute approximate surface area is 107 Å². The average molecular weight is 245 g/mol. The van der Waals surface area contributed by atoms with E-state index in [4.69, 9.17) is 4.74 Å². The first-order valence-electron chi connectivity index (χ1n) is 6.36. The maximum Gasteiger partial charge on any atom is 0.142 e. The van der Waals surface area contributed by atoms with Crippen LogP contribution in [0.5, 0.6) is 5.75 Å². The minimum absolute atomic E-state index is 0.964. The average Bonchev–Trinajstić information content (AvgIpc) is 2.85. The zero-order valence-corrected chi connectivity index (χ0v) is 10.9. The van der Waals surface area contributed by atoms with Crippen molar-refractivity contribution in [3.8, 4) is 5.75 Å². The van der Waals surface area contributed by atoms with Gasteiger partial charge in [0.05, 0.1) is 12.8 Å². The fraction of sp³-hybridized carbons (Fsp3) is 0.429. The van der Waals surface area contributed by atoms with E-state index in [9.17, 15) is 0 Å². The number of likely N-dealkylation sites (N-methyl/N-ethyl adjacent to an activating group) is 1. The Balaban J connectivity index is 1.98. The monoisotopic (exact) mass is 245 g/mol. The second kappa shape index (κ2) is 4.53. The van der Waals surface area contributed by atoms with Crippen LogP contribution in [-0.4, -0.2) is 50.2 Å². The van der Waals surface area contributed by atoms with E-state index in [0.29, 0.717) is 0 Å². The Morgan fingerprint density at radius 2 is 1.94 bits per heavy atom. The smallest absolute Gasteiger partial charge is 0.142 e. The van der Waals surface area contributed by atoms with E-state index >= 15 is 0 Å². The number of aromatic nitrogens is 1. The second-order valence-electron chi connectivity index (χ2n) is 4.88. The van der Waals surface area contributed by atoms with Gasteiger partial charge in [-0.25, -0.2) is 0 Å². The number of hydrogen-bond acceptors (Lipinski definition) is 3. The minimum Gasteiger partial charge on any atom is -0.495 e. The highest BCUT2D eigenvalue weighted by atomic mass is 16.5. The molecule has 4 nitrogen and oxygen atoms in total. The van der Waals surface area contributed by atoms with Crippen LogP contribution in [0.3, 0.4) is 0 Å². The van der Waals surface area contributed by atoms with Crippen LogP contribution in [0.15, 0.2) is 24.4 Å². The molecule has 4 heteroatoms. The van der Waals surface area contributed by atoms with Crippen LogP contribution in [0, 0.1) is 0 Å². The molecule has 0 saturated carbocycles. The molecule has 1 saturated heterocycles. The van der Waals surface area contributed by atoms with Crippen molar-refractivity contribution >= 4 is 16.6 Å². The Kier molecular flexibility index (Phi) is 2.88. The summed E-state index contributed by atoms with van der Waals surface area (Å²) in [5.74, 6) is 0.964. The van der Waals surface area contributed by atoms with Crippen molar-refractivity contribution in [3.63, 3.8) is 0 Å². The van der Waals surface area contributed by atoms with Crippen molar-refractivity contribution in [2.75, 3.05) is 45.2 Å². The van der Waals surface area contributed by atoms with Crippen LogP contribution in [0.25, 0.3) is 10.9 Å². The summed E-state index contributed by atoms with van der Waals surface area (Å²) in [7, 11) is 3.91. The number of H-pyrrole nitrogens is 1. The lowest BCUT2D eigenvalue weighted by molar-refractivity contribution is 0.311. The fourth-order valence-corrected chi connectivity index (χ4v) is 2.53. The molecule has 0 spiro atoms. The van der Waals surface area contributed by atoms with E-state index in [1.165, 1.54) is 16.6 Å². The molecule has 0 atom stereocenters. The molecule has 1 fully saturated rings. The van der Waals surface area contributed by atoms with Crippen LogP contribution in [0.2, 0.25) is 0 Å². The van der Waals surface area contributed by atoms with Crippen molar-refractivity contribution in [1.29, 1.82) is 0 Å². The highest BCUT2D eigenvalue weighted by Crippen LogP contribution is 2.33. The number of nitrogens with one attached hydrogen (secondary N) is 1. The Hall–Kier alpha value is -1.68. The molecule has 1 aliphatic rings. The number of benzene rings is 1. The van der Waals surface area contributed by atoms with E-state index in [2.05, 4.69) is 40.0 Å². The van der Waals surface area contributed by atoms with Gasteiger partial charge in [0, 0.05) is 43.3 Å². The molecular formula is C14H19N3O. The van der Waals surface area contributed by atoms with E-state index in [0.717, 1.165) is 31.9 Å². The number of rotatable bonds is 2. The van der Waals surface area contributed by atoms with E-state index in [1.807, 2.05) is 6.20 Å². The molecule has 1 aliphatic heterocycles. The van der Waals surface area contributed by atoms with Gasteiger partial charge >= 0.3 is 0 Å². The maximum absolute atomic E-state index is 5.53. The zero-order valence-electron chi connectivity index (χ0n) is 10.9. The van der Waals surface area contributed by atoms with Crippen LogP contribution in [0.1, 0.15) is 0 Å². The molecule has 0 bridgehead atoms. The van der Waals surface area contributed by atoms with Crippen molar-refractivity contribution in [2.24, 2.45) is 0 Å². The lowest BCUT2D eigenvalue weighted by Crippen LogP contribution is -2.44. The fourth-order valence-electron chi connectivity index (χ4n) is 2.53. The van der Waals surface area contributed by atoms with Crippen LogP contribution in [0.4, 0.5) is 5.69 Å². The van der Waals surface area contributed by atoms with E-state index in [1.54, 1.807) is 7.11 Å². The molecule has 2 heterocycles. The number of anilines is 1. The first kappa shape index (κ1) is 11.4. The number of piperazine rings is 1. The maximum atomic E-state index is 5.53. The SMILES string of the molecule is COc1cc2cc[nH]c2cc1N1CCN(C)CC1. The summed E-state index contributed by atoms with van der Waals surface area (Å²) in [6.45, 7) is 4.32. The first-order chi connectivity index (χ1) is 8.78. The van der Waals surface area contributed by atoms with Gasteiger partial charge in [-0.15, -0.1) is 0 Å². The Morgan fingerprint density at radius 3 is 2.67 bits per heavy atom. The van der Waals surface area contributed by atoms with Gasteiger partial charge in [0.15, 0.2) is 0 Å². The summed E-state index contributed by atoms with van der Waals surface area (Å²) in [6, 6.07) is 6.38. The van der Waals surface area contributed by atoms with Crippen molar-refractivity contribution in [3.05, 3.63) is 24.4 Å². The highest BCUT2D eigenvalue weighted by molar-refractivity contribution is 5.86. The summed E-state index contributed by atoms with van der Waals surface area (Å²) < 4.78 is 5.53. The molecule has 96 valence electrons. The van der Waals surface area contributed by atoms with Gasteiger partial charge < -0.3 is 19.5 Å². The van der Waals surface area contributed by atoms with Crippen LogP contribution < -0.4 is 9.64 Å². The third-order valence-corrected chi connectivity index (χ3v) is 3.70. The third-order valence-electron chi connectivity index (χ3n) is 3.70. The predicted molar refractivity (Wildman–Crippen MR) is 74.6 cm³/mol. The Morgan fingerprint density at radius 1 is 1.17 bits per heavy atom. The lowest BCUT2D eigenvalue weighted by Gasteiger charge is -2.34. The van der Waals surface area contributed by atoms with Gasteiger partial charge in [-0.3, -0.25) is 0 Å². The Bertz CT molecular complexity index is 541. The van der Waals surface area contributed by atoms with Crippen molar-refractivity contribution in [1.82, 2.24) is 9.88 Å². The van der Waals surface area contributed by atoms with Gasteiger partial charge in [0.25, 0.3) is 0 Å². The number of fused-ring (bicyclic) bond motifs is 1. The molecule has 0 unspecified atom stereocenters. The van der Waals surface area contributed by atoms with E-state index in [-0.39, 0.29) is 0 Å². The van der Waals surface area contributed by atoms with Crippen molar-refractivity contribution in [2.45, 2.75) is 0 Å². The molecule has 3 rings (SSSR count). The van der Waals surface area contributed by atoms with Gasteiger partial charge in [-0.2, -0.15) is 0 Å². The normalized spacial score (nSPS) is 17.3. The summed E-state index contributed by atoms with van der Waals surface area (Å²) in [4.78, 5) is 8.03. The number of ether oxygens (including phenoxy) is 1. The topological polar surface area (TPSA) is 31.5 Å². The largest absolute Gasteiger partial charge is 0.495 e. The van der Waals surface area contributed by atoms with Gasteiger partial charge in [-0.1, -0.05) is 0 Å². The van der Waals surface area contributed by atoms with Gasteiger partial charge in [-0.05, 0) is 25.2 Å². The highest BCUT2D eigenvalue weighted by Gasteiger charge is 2.18. The molecule has 1 aromatic heterocycles. The summed E-state index contributed by atoms with van der Waals surface area (Å²) in [5.41, 5.74) is 2.37. The van der Waals surface area contributed by atoms with Gasteiger partial charge in [0.2, 0.25) is 0 Å². The molecule has 2 aromatic rings. The summed E-state index contributed by atoms with van der Waals surface area (Å²) in [5, 5.41) is 1.20. The molecule has 0 amide bonds. The summed E-state index contributed by atoms with van der Waals surface area (Å²) in [6.07, 6.45) is 1.97. The number of methoxy groups -OCH3 is 1. The summed E-state index contributed by atoms with van der Waals surface area (Å²) >= 11 is 0. The van der Waals surface area contributed by atoms with Crippen LogP contribution in [-0.2, 0) is 0 Å². The van der Waals surface area contributed by atoms with Crippen LogP contribution >= 0.6 is 0 Å². The second-order valence-corrected chi connectivity index (χ2v) is 4.88. The third kappa shape index (κ3) is 1.93. The molecule has 18 heavy (non-hydrogen) atoms. The number of aromatic amines is 1. The molecule has 0 aliphatic carbocycles. The van der Waals surface area contributed by atoms with Gasteiger partial charge in [0.1, 0.15) is 5.75 Å². The molecule has 1 aromatic carbocycles. The number of hydrogen-bond donors (Lipinski definition) is 1. The molecule has 1 N–H and O–H groups in total. The zero-order chi connectivity index (χ0) is 12.5.